The summed E-state index contributed by atoms with van der Waals surface area (Å²) >= 11 is 3.24. The molecule has 2 aromatic rings. The summed E-state index contributed by atoms with van der Waals surface area (Å²) in [5.74, 6) is -0.424. The summed E-state index contributed by atoms with van der Waals surface area (Å²) < 4.78 is 38.3. The summed E-state index contributed by atoms with van der Waals surface area (Å²) in [7, 11) is 1.57. The van der Waals surface area contributed by atoms with Gasteiger partial charge in [-0.2, -0.15) is 13.2 Å². The van der Waals surface area contributed by atoms with Gasteiger partial charge in [0.25, 0.3) is 0 Å². The molecule has 6 nitrogen and oxygen atoms in total. The maximum absolute atomic E-state index is 12.5. The smallest absolute Gasteiger partial charge is 0.325 e. The lowest BCUT2D eigenvalue weighted by atomic mass is 10.2. The summed E-state index contributed by atoms with van der Waals surface area (Å²) in [4.78, 5) is 29.4. The average Bonchev–Trinajstić information content (AvgIpc) is 2.56. The highest BCUT2D eigenvalue weighted by molar-refractivity contribution is 9.10. The van der Waals surface area contributed by atoms with E-state index in [-0.39, 0.29) is 24.7 Å². The van der Waals surface area contributed by atoms with Crippen LogP contribution < -0.4 is 10.6 Å². The minimum Gasteiger partial charge on any atom is -0.325 e. The zero-order valence-electron chi connectivity index (χ0n) is 14.2. The maximum atomic E-state index is 12.5. The van der Waals surface area contributed by atoms with E-state index in [4.69, 9.17) is 0 Å². The molecule has 1 aromatic heterocycles. The summed E-state index contributed by atoms with van der Waals surface area (Å²) in [5, 5.41) is 5.08. The van der Waals surface area contributed by atoms with E-state index in [2.05, 4.69) is 31.5 Å². The number of nitrogens with zero attached hydrogens (tertiary/aromatic N) is 2. The van der Waals surface area contributed by atoms with Crippen molar-refractivity contribution < 1.29 is 22.8 Å². The lowest BCUT2D eigenvalue weighted by molar-refractivity contribution is -0.137. The minimum atomic E-state index is -4.43. The first-order chi connectivity index (χ1) is 12.6. The molecule has 2 amide bonds. The molecule has 0 saturated heterocycles. The van der Waals surface area contributed by atoms with Crippen LogP contribution in [0.4, 0.5) is 24.7 Å². The average molecular weight is 445 g/mol. The number of carbonyl (C=O) groups is 2. The number of anilines is 2. The monoisotopic (exact) mass is 444 g/mol. The van der Waals surface area contributed by atoms with Gasteiger partial charge in [0.1, 0.15) is 5.82 Å². The number of amides is 2. The molecule has 0 aliphatic carbocycles. The van der Waals surface area contributed by atoms with Crippen LogP contribution >= 0.6 is 15.9 Å². The maximum Gasteiger partial charge on any atom is 0.416 e. The molecule has 10 heteroatoms. The Morgan fingerprint density at radius 1 is 1.04 bits per heavy atom. The predicted molar refractivity (Wildman–Crippen MR) is 98.1 cm³/mol. The SMILES string of the molecule is CN(CC(=O)Nc1ccc(C(F)(F)F)cc1)CC(=O)Nc1ccc(Br)cn1. The number of pyridine rings is 1. The molecule has 1 aromatic carbocycles. The second kappa shape index (κ2) is 8.96. The van der Waals surface area contributed by atoms with Crippen LogP contribution in [0, 0.1) is 0 Å². The summed E-state index contributed by atoms with van der Waals surface area (Å²) in [6.07, 6.45) is -2.89. The Morgan fingerprint density at radius 3 is 2.15 bits per heavy atom. The first-order valence-corrected chi connectivity index (χ1v) is 8.50. The number of alkyl halides is 3. The van der Waals surface area contributed by atoms with E-state index in [1.165, 1.54) is 23.2 Å². The van der Waals surface area contributed by atoms with E-state index in [0.717, 1.165) is 16.6 Å². The number of nitrogens with one attached hydrogen (secondary N) is 2. The highest BCUT2D eigenvalue weighted by Gasteiger charge is 2.30. The quantitative estimate of drug-likeness (QED) is 0.716. The number of benzene rings is 1. The van der Waals surface area contributed by atoms with Crippen molar-refractivity contribution in [2.45, 2.75) is 6.18 Å². The molecule has 2 N–H and O–H groups in total. The van der Waals surface area contributed by atoms with Crippen molar-refractivity contribution in [3.05, 3.63) is 52.6 Å². The van der Waals surface area contributed by atoms with Gasteiger partial charge < -0.3 is 10.6 Å². The van der Waals surface area contributed by atoms with Crippen molar-refractivity contribution in [2.24, 2.45) is 0 Å². The van der Waals surface area contributed by atoms with Crippen LogP contribution in [0.5, 0.6) is 0 Å². The zero-order valence-corrected chi connectivity index (χ0v) is 15.8. The van der Waals surface area contributed by atoms with E-state index >= 15 is 0 Å². The Bertz CT molecular complexity index is 795. The largest absolute Gasteiger partial charge is 0.416 e. The Balaban J connectivity index is 1.80. The van der Waals surface area contributed by atoms with Gasteiger partial charge in [-0.3, -0.25) is 14.5 Å². The molecular formula is C17H16BrF3N4O2. The number of aromatic nitrogens is 1. The number of rotatable bonds is 6. The number of carbonyl (C=O) groups excluding carboxylic acids is 2. The van der Waals surface area contributed by atoms with Gasteiger partial charge in [0.15, 0.2) is 0 Å². The molecule has 1 heterocycles. The van der Waals surface area contributed by atoms with Gasteiger partial charge in [-0.15, -0.1) is 0 Å². The molecule has 2 rings (SSSR count). The number of halogens is 4. The first-order valence-electron chi connectivity index (χ1n) is 7.70. The van der Waals surface area contributed by atoms with E-state index < -0.39 is 17.6 Å². The van der Waals surface area contributed by atoms with Crippen LogP contribution in [0.1, 0.15) is 5.56 Å². The lowest BCUT2D eigenvalue weighted by Gasteiger charge is -2.16. The molecule has 0 spiro atoms. The third-order valence-corrected chi connectivity index (χ3v) is 3.79. The first kappa shape index (κ1) is 20.8. The summed E-state index contributed by atoms with van der Waals surface area (Å²) in [5.41, 5.74) is -0.555. The fraction of sp³-hybridized carbons (Fsp3) is 0.235. The second-order valence-electron chi connectivity index (χ2n) is 5.71. The molecular weight excluding hydrogens is 429 g/mol. The van der Waals surface area contributed by atoms with Gasteiger partial charge in [-0.05, 0) is 59.4 Å². The number of likely N-dealkylation sites (N-methyl/N-ethyl adjacent to an activating group) is 1. The standard InChI is InChI=1S/C17H16BrF3N4O2/c1-25(10-16(27)24-14-7-4-12(18)8-22-14)9-15(26)23-13-5-2-11(3-6-13)17(19,20)21/h2-8H,9-10H2,1H3,(H,23,26)(H,22,24,27). The van der Waals surface area contributed by atoms with E-state index in [1.807, 2.05) is 0 Å². The molecule has 144 valence electrons. The van der Waals surface area contributed by atoms with E-state index in [9.17, 15) is 22.8 Å². The van der Waals surface area contributed by atoms with E-state index in [1.54, 1.807) is 19.2 Å². The Labute approximate surface area is 161 Å². The van der Waals surface area contributed by atoms with Crippen molar-refractivity contribution in [3.8, 4) is 0 Å². The molecule has 0 saturated carbocycles. The van der Waals surface area contributed by atoms with Gasteiger partial charge in [0, 0.05) is 16.4 Å². The summed E-state index contributed by atoms with van der Waals surface area (Å²) in [6, 6.07) is 7.47. The molecule has 0 unspecified atom stereocenters. The highest BCUT2D eigenvalue weighted by atomic mass is 79.9. The normalized spacial score (nSPS) is 11.3. The van der Waals surface area contributed by atoms with Crippen molar-refractivity contribution >= 4 is 39.2 Å². The molecule has 0 aliphatic heterocycles. The predicted octanol–water partition coefficient (Wildman–Crippen LogP) is 3.37. The second-order valence-corrected chi connectivity index (χ2v) is 6.62. The molecule has 0 aliphatic rings. The van der Waals surface area contributed by atoms with Crippen molar-refractivity contribution in [1.29, 1.82) is 0 Å². The van der Waals surface area contributed by atoms with E-state index in [0.29, 0.717) is 5.82 Å². The van der Waals surface area contributed by atoms with Gasteiger partial charge in [-0.1, -0.05) is 0 Å². The fourth-order valence-corrected chi connectivity index (χ4v) is 2.36. The topological polar surface area (TPSA) is 74.3 Å². The van der Waals surface area contributed by atoms with Crippen molar-refractivity contribution in [3.63, 3.8) is 0 Å². The fourth-order valence-electron chi connectivity index (χ4n) is 2.12. The number of hydrogen-bond acceptors (Lipinski definition) is 4. The van der Waals surface area contributed by atoms with Gasteiger partial charge in [0.05, 0.1) is 18.7 Å². The van der Waals surface area contributed by atoms with Crippen LogP contribution in [0.2, 0.25) is 0 Å². The van der Waals surface area contributed by atoms with Crippen LogP contribution in [-0.4, -0.2) is 41.8 Å². The Kier molecular flexibility index (Phi) is 6.92. The van der Waals surface area contributed by atoms with Gasteiger partial charge >= 0.3 is 6.18 Å². The van der Waals surface area contributed by atoms with Crippen LogP contribution in [0.15, 0.2) is 47.1 Å². The molecule has 0 fully saturated rings. The molecule has 27 heavy (non-hydrogen) atoms. The Hall–Kier alpha value is -2.46. The third-order valence-electron chi connectivity index (χ3n) is 3.32. The van der Waals surface area contributed by atoms with Crippen LogP contribution in [0.3, 0.4) is 0 Å². The van der Waals surface area contributed by atoms with Crippen LogP contribution in [-0.2, 0) is 15.8 Å². The van der Waals surface area contributed by atoms with Gasteiger partial charge in [0.2, 0.25) is 11.8 Å². The van der Waals surface area contributed by atoms with Crippen molar-refractivity contribution in [2.75, 3.05) is 30.8 Å². The molecule has 0 radical (unpaired) electrons. The van der Waals surface area contributed by atoms with Crippen LogP contribution in [0.25, 0.3) is 0 Å². The highest BCUT2D eigenvalue weighted by Crippen LogP contribution is 2.29. The zero-order chi connectivity index (χ0) is 20.0. The number of hydrogen-bond donors (Lipinski definition) is 2. The summed E-state index contributed by atoms with van der Waals surface area (Å²) in [6.45, 7) is -0.166. The van der Waals surface area contributed by atoms with Crippen molar-refractivity contribution in [1.82, 2.24) is 9.88 Å². The van der Waals surface area contributed by atoms with Gasteiger partial charge in [-0.25, -0.2) is 4.98 Å². The molecule has 0 atom stereocenters. The minimum absolute atomic E-state index is 0.0574. The Morgan fingerprint density at radius 2 is 1.63 bits per heavy atom. The third kappa shape index (κ3) is 6.99. The lowest BCUT2D eigenvalue weighted by Crippen LogP contribution is -2.36. The molecule has 0 bridgehead atoms.